The van der Waals surface area contributed by atoms with Gasteiger partial charge in [-0.15, -0.1) is 0 Å². The molecule has 6 nitrogen and oxygen atoms in total. The van der Waals surface area contributed by atoms with E-state index >= 15 is 0 Å². The number of anilines is 2. The molecule has 0 saturated carbocycles. The molecule has 20 heavy (non-hydrogen) atoms. The molecule has 0 fully saturated rings. The highest BCUT2D eigenvalue weighted by molar-refractivity contribution is 7.92. The Morgan fingerprint density at radius 2 is 2.00 bits per heavy atom. The number of hydrogen-bond donors (Lipinski definition) is 2. The van der Waals surface area contributed by atoms with Gasteiger partial charge in [-0.1, -0.05) is 11.6 Å². The lowest BCUT2D eigenvalue weighted by atomic mass is 10.2. The maximum Gasteiger partial charge on any atom is 0.262 e. The summed E-state index contributed by atoms with van der Waals surface area (Å²) in [6.45, 7) is 3.45. The van der Waals surface area contributed by atoms with E-state index in [1.165, 1.54) is 16.8 Å². The van der Waals surface area contributed by atoms with Crippen molar-refractivity contribution >= 4 is 33.0 Å². The van der Waals surface area contributed by atoms with Gasteiger partial charge in [-0.2, -0.15) is 5.10 Å². The molecule has 3 N–H and O–H groups in total. The Labute approximate surface area is 122 Å². The van der Waals surface area contributed by atoms with Crippen LogP contribution < -0.4 is 10.5 Å². The Kier molecular flexibility index (Phi) is 3.66. The number of nitrogens with two attached hydrogens (primary N) is 1. The lowest BCUT2D eigenvalue weighted by Crippen LogP contribution is -2.14. The van der Waals surface area contributed by atoms with Crippen molar-refractivity contribution in [3.63, 3.8) is 0 Å². The van der Waals surface area contributed by atoms with Crippen LogP contribution in [0.1, 0.15) is 11.3 Å². The summed E-state index contributed by atoms with van der Waals surface area (Å²) in [5.41, 5.74) is 7.75. The molecule has 1 aromatic carbocycles. The number of hydrogen-bond acceptors (Lipinski definition) is 4. The van der Waals surface area contributed by atoms with E-state index in [-0.39, 0.29) is 4.90 Å². The average molecular weight is 315 g/mol. The SMILES string of the molecule is Cc1nn(C)cc1NS(=O)(=O)c1cc(N)c(C)c(Cl)c1. The smallest absolute Gasteiger partial charge is 0.262 e. The monoisotopic (exact) mass is 314 g/mol. The van der Waals surface area contributed by atoms with Crippen LogP contribution in [0.15, 0.2) is 23.2 Å². The highest BCUT2D eigenvalue weighted by atomic mass is 35.5. The minimum absolute atomic E-state index is 0.0221. The third-order valence-electron chi connectivity index (χ3n) is 2.93. The summed E-state index contributed by atoms with van der Waals surface area (Å²) >= 11 is 5.97. The zero-order valence-electron chi connectivity index (χ0n) is 11.3. The summed E-state index contributed by atoms with van der Waals surface area (Å²) in [4.78, 5) is 0.0221. The Morgan fingerprint density at radius 1 is 1.35 bits per heavy atom. The van der Waals surface area contributed by atoms with Crippen molar-refractivity contribution < 1.29 is 8.42 Å². The second-order valence-electron chi connectivity index (χ2n) is 4.53. The molecule has 0 bridgehead atoms. The molecule has 1 heterocycles. The summed E-state index contributed by atoms with van der Waals surface area (Å²) in [5.74, 6) is 0. The zero-order valence-corrected chi connectivity index (χ0v) is 12.9. The molecule has 0 aliphatic rings. The van der Waals surface area contributed by atoms with Crippen molar-refractivity contribution in [1.29, 1.82) is 0 Å². The second kappa shape index (κ2) is 4.99. The minimum atomic E-state index is -3.75. The maximum absolute atomic E-state index is 12.3. The van der Waals surface area contributed by atoms with Crippen LogP contribution in [0.4, 0.5) is 11.4 Å². The first-order valence-corrected chi connectivity index (χ1v) is 7.65. The van der Waals surface area contributed by atoms with Crippen LogP contribution in [0.2, 0.25) is 5.02 Å². The molecule has 2 aromatic rings. The molecule has 0 amide bonds. The van der Waals surface area contributed by atoms with Gasteiger partial charge in [-0.05, 0) is 31.5 Å². The van der Waals surface area contributed by atoms with Gasteiger partial charge in [0, 0.05) is 24.0 Å². The Hall–Kier alpha value is -1.73. The molecule has 108 valence electrons. The molecule has 0 saturated heterocycles. The number of nitrogens with zero attached hydrogens (tertiary/aromatic N) is 2. The van der Waals surface area contributed by atoms with Gasteiger partial charge in [0.25, 0.3) is 10.0 Å². The molecule has 0 unspecified atom stereocenters. The Balaban J connectivity index is 2.43. The van der Waals surface area contributed by atoms with Gasteiger partial charge in [-0.3, -0.25) is 9.40 Å². The summed E-state index contributed by atoms with van der Waals surface area (Å²) in [5, 5.41) is 4.39. The van der Waals surface area contributed by atoms with Crippen molar-refractivity contribution in [1.82, 2.24) is 9.78 Å². The van der Waals surface area contributed by atoms with Crippen LogP contribution in [-0.2, 0) is 17.1 Å². The molecular formula is C12H15ClN4O2S. The van der Waals surface area contributed by atoms with Gasteiger partial charge in [0.05, 0.1) is 16.3 Å². The van der Waals surface area contributed by atoms with Crippen LogP contribution in [0, 0.1) is 13.8 Å². The molecule has 2 rings (SSSR count). The van der Waals surface area contributed by atoms with Gasteiger partial charge in [0.2, 0.25) is 0 Å². The fourth-order valence-electron chi connectivity index (χ4n) is 1.73. The number of rotatable bonds is 3. The average Bonchev–Trinajstić information content (AvgIpc) is 2.63. The fourth-order valence-corrected chi connectivity index (χ4v) is 3.19. The van der Waals surface area contributed by atoms with E-state index in [0.29, 0.717) is 27.7 Å². The fraction of sp³-hybridized carbons (Fsp3) is 0.250. The van der Waals surface area contributed by atoms with Gasteiger partial charge in [-0.25, -0.2) is 8.42 Å². The predicted molar refractivity (Wildman–Crippen MR) is 79.4 cm³/mol. The number of benzene rings is 1. The van der Waals surface area contributed by atoms with Crippen molar-refractivity contribution in [2.24, 2.45) is 7.05 Å². The summed E-state index contributed by atoms with van der Waals surface area (Å²) in [6.07, 6.45) is 1.59. The first-order valence-electron chi connectivity index (χ1n) is 5.79. The summed E-state index contributed by atoms with van der Waals surface area (Å²) in [7, 11) is -2.04. The van der Waals surface area contributed by atoms with Gasteiger partial charge < -0.3 is 5.73 Å². The normalized spacial score (nSPS) is 11.6. The van der Waals surface area contributed by atoms with Crippen molar-refractivity contribution in [3.8, 4) is 0 Å². The Morgan fingerprint density at radius 3 is 2.50 bits per heavy atom. The van der Waals surface area contributed by atoms with Crippen LogP contribution >= 0.6 is 11.6 Å². The molecular weight excluding hydrogens is 300 g/mol. The van der Waals surface area contributed by atoms with Gasteiger partial charge in [0.15, 0.2) is 0 Å². The van der Waals surface area contributed by atoms with Crippen molar-refractivity contribution in [3.05, 3.63) is 34.6 Å². The lowest BCUT2D eigenvalue weighted by molar-refractivity contribution is 0.601. The Bertz CT molecular complexity index is 745. The quantitative estimate of drug-likeness (QED) is 0.849. The molecule has 1 aromatic heterocycles. The first-order chi connectivity index (χ1) is 9.20. The molecule has 8 heteroatoms. The highest BCUT2D eigenvalue weighted by Crippen LogP contribution is 2.27. The molecule has 0 aliphatic carbocycles. The zero-order chi connectivity index (χ0) is 15.1. The van der Waals surface area contributed by atoms with E-state index in [0.717, 1.165) is 0 Å². The van der Waals surface area contributed by atoms with E-state index < -0.39 is 10.0 Å². The topological polar surface area (TPSA) is 90.0 Å². The van der Waals surface area contributed by atoms with Gasteiger partial charge >= 0.3 is 0 Å². The van der Waals surface area contributed by atoms with E-state index in [1.54, 1.807) is 27.1 Å². The van der Waals surface area contributed by atoms with E-state index in [4.69, 9.17) is 17.3 Å². The minimum Gasteiger partial charge on any atom is -0.398 e. The molecule has 0 aliphatic heterocycles. The number of aryl methyl sites for hydroxylation is 2. The molecule has 0 atom stereocenters. The third-order valence-corrected chi connectivity index (χ3v) is 4.66. The molecule has 0 spiro atoms. The largest absolute Gasteiger partial charge is 0.398 e. The number of sulfonamides is 1. The van der Waals surface area contributed by atoms with Crippen LogP contribution in [-0.4, -0.2) is 18.2 Å². The van der Waals surface area contributed by atoms with E-state index in [2.05, 4.69) is 9.82 Å². The first kappa shape index (κ1) is 14.7. The summed E-state index contributed by atoms with van der Waals surface area (Å²) < 4.78 is 28.6. The number of nitrogens with one attached hydrogen (secondary N) is 1. The summed E-state index contributed by atoms with van der Waals surface area (Å²) in [6, 6.07) is 2.76. The second-order valence-corrected chi connectivity index (χ2v) is 6.62. The predicted octanol–water partition coefficient (Wildman–Crippen LogP) is 2.07. The lowest BCUT2D eigenvalue weighted by Gasteiger charge is -2.10. The number of aromatic nitrogens is 2. The van der Waals surface area contributed by atoms with Crippen molar-refractivity contribution in [2.45, 2.75) is 18.7 Å². The molecule has 0 radical (unpaired) electrons. The van der Waals surface area contributed by atoms with Crippen molar-refractivity contribution in [2.75, 3.05) is 10.5 Å². The van der Waals surface area contributed by atoms with E-state index in [1.807, 2.05) is 0 Å². The number of nitrogen functional groups attached to an aromatic ring is 1. The van der Waals surface area contributed by atoms with E-state index in [9.17, 15) is 8.42 Å². The van der Waals surface area contributed by atoms with Crippen LogP contribution in [0.5, 0.6) is 0 Å². The highest BCUT2D eigenvalue weighted by Gasteiger charge is 2.19. The van der Waals surface area contributed by atoms with Crippen LogP contribution in [0.3, 0.4) is 0 Å². The van der Waals surface area contributed by atoms with Crippen LogP contribution in [0.25, 0.3) is 0 Å². The number of halogens is 1. The third kappa shape index (κ3) is 2.73. The van der Waals surface area contributed by atoms with Gasteiger partial charge in [0.1, 0.15) is 0 Å². The standard InChI is InChI=1S/C12H15ClN4O2S/c1-7-10(13)4-9(5-11(7)14)20(18,19)16-12-6-17(3)15-8(12)2/h4-6,16H,14H2,1-3H3. The maximum atomic E-state index is 12.3.